The van der Waals surface area contributed by atoms with Crippen molar-refractivity contribution in [3.05, 3.63) is 81.5 Å². The number of piperidine rings is 1. The maximum Gasteiger partial charge on any atom is 0.227 e. The predicted molar refractivity (Wildman–Crippen MR) is 126 cm³/mol. The van der Waals surface area contributed by atoms with Crippen molar-refractivity contribution in [1.29, 1.82) is 0 Å². The normalized spacial score (nSPS) is 19.5. The highest BCUT2D eigenvalue weighted by Gasteiger charge is 2.21. The SMILES string of the molecule is CC1N=C(OCc2ccc(F)cc2F)C(Br)=CN1Cc1cccc(CN2CCCCC2)c1. The maximum atomic E-state index is 13.9. The Hall–Kier alpha value is -2.25. The fourth-order valence-electron chi connectivity index (χ4n) is 4.10. The zero-order chi connectivity index (χ0) is 22.5. The first kappa shape index (κ1) is 22.9. The Balaban J connectivity index is 1.36. The molecule has 0 aliphatic carbocycles. The van der Waals surface area contributed by atoms with Crippen molar-refractivity contribution < 1.29 is 13.5 Å². The number of hydrogen-bond acceptors (Lipinski definition) is 4. The Morgan fingerprint density at radius 2 is 1.78 bits per heavy atom. The first-order valence-electron chi connectivity index (χ1n) is 11.1. The van der Waals surface area contributed by atoms with E-state index in [2.05, 4.69) is 55.0 Å². The molecule has 0 N–H and O–H groups in total. The molecule has 4 rings (SSSR count). The van der Waals surface area contributed by atoms with Gasteiger partial charge in [0.25, 0.3) is 0 Å². The molecule has 1 unspecified atom stereocenters. The van der Waals surface area contributed by atoms with Crippen LogP contribution in [-0.4, -0.2) is 35.0 Å². The minimum absolute atomic E-state index is 0.0147. The molecule has 170 valence electrons. The van der Waals surface area contributed by atoms with E-state index in [9.17, 15) is 8.78 Å². The molecule has 0 saturated carbocycles. The molecule has 1 fully saturated rings. The van der Waals surface area contributed by atoms with Gasteiger partial charge in [-0.05, 0) is 72.0 Å². The molecule has 2 aliphatic rings. The van der Waals surface area contributed by atoms with Gasteiger partial charge in [0, 0.05) is 30.9 Å². The van der Waals surface area contributed by atoms with Crippen molar-refractivity contribution in [2.75, 3.05) is 13.1 Å². The summed E-state index contributed by atoms with van der Waals surface area (Å²) in [7, 11) is 0. The number of hydrogen-bond donors (Lipinski definition) is 0. The molecule has 0 amide bonds. The zero-order valence-electron chi connectivity index (χ0n) is 18.2. The summed E-state index contributed by atoms with van der Waals surface area (Å²) in [4.78, 5) is 9.28. The number of nitrogens with zero attached hydrogens (tertiary/aromatic N) is 3. The monoisotopic (exact) mass is 503 g/mol. The quantitative estimate of drug-likeness (QED) is 0.486. The molecule has 4 nitrogen and oxygen atoms in total. The van der Waals surface area contributed by atoms with Crippen LogP contribution < -0.4 is 0 Å². The summed E-state index contributed by atoms with van der Waals surface area (Å²) in [5.74, 6) is -0.816. The first-order valence-corrected chi connectivity index (χ1v) is 11.9. The van der Waals surface area contributed by atoms with Crippen LogP contribution in [0.25, 0.3) is 0 Å². The molecule has 0 aromatic heterocycles. The third-order valence-electron chi connectivity index (χ3n) is 5.86. The predicted octanol–water partition coefficient (Wildman–Crippen LogP) is 5.96. The highest BCUT2D eigenvalue weighted by Crippen LogP contribution is 2.24. The molecule has 0 radical (unpaired) electrons. The molecule has 0 bridgehead atoms. The average molecular weight is 504 g/mol. The number of benzene rings is 2. The van der Waals surface area contributed by atoms with E-state index in [4.69, 9.17) is 4.74 Å². The van der Waals surface area contributed by atoms with E-state index in [1.54, 1.807) is 0 Å². The van der Waals surface area contributed by atoms with Gasteiger partial charge in [0.1, 0.15) is 24.4 Å². The second kappa shape index (κ2) is 10.6. The lowest BCUT2D eigenvalue weighted by Crippen LogP contribution is -2.32. The maximum absolute atomic E-state index is 13.9. The Bertz CT molecular complexity index is 1000. The molecule has 0 spiro atoms. The first-order chi connectivity index (χ1) is 15.5. The van der Waals surface area contributed by atoms with Crippen LogP contribution in [0.1, 0.15) is 42.9 Å². The smallest absolute Gasteiger partial charge is 0.227 e. The van der Waals surface area contributed by atoms with Crippen molar-refractivity contribution in [3.8, 4) is 0 Å². The standard InChI is InChI=1S/C25H28BrF2N3O/c1-18-29-25(32-17-21-8-9-22(27)13-24(21)28)23(26)16-31(18)15-20-7-5-6-19(12-20)14-30-10-3-2-4-11-30/h5-9,12-13,16,18H,2-4,10-11,14-15,17H2,1H3. The van der Waals surface area contributed by atoms with Gasteiger partial charge < -0.3 is 9.64 Å². The molecule has 2 aromatic carbocycles. The van der Waals surface area contributed by atoms with Crippen molar-refractivity contribution in [2.24, 2.45) is 4.99 Å². The van der Waals surface area contributed by atoms with Gasteiger partial charge in [-0.15, -0.1) is 0 Å². The van der Waals surface area contributed by atoms with Gasteiger partial charge in [-0.1, -0.05) is 30.7 Å². The summed E-state index contributed by atoms with van der Waals surface area (Å²) in [6.07, 6.45) is 5.76. The zero-order valence-corrected chi connectivity index (χ0v) is 19.8. The van der Waals surface area contributed by atoms with E-state index < -0.39 is 11.6 Å². The highest BCUT2D eigenvalue weighted by molar-refractivity contribution is 9.12. The van der Waals surface area contributed by atoms with Crippen molar-refractivity contribution in [2.45, 2.75) is 52.0 Å². The number of likely N-dealkylation sites (tertiary alicyclic amines) is 1. The lowest BCUT2D eigenvalue weighted by molar-refractivity contribution is 0.220. The third kappa shape index (κ3) is 5.95. The minimum atomic E-state index is -0.624. The average Bonchev–Trinajstić information content (AvgIpc) is 2.77. The summed E-state index contributed by atoms with van der Waals surface area (Å²) in [5.41, 5.74) is 2.86. The minimum Gasteiger partial charge on any atom is -0.472 e. The second-order valence-electron chi connectivity index (χ2n) is 8.40. The van der Waals surface area contributed by atoms with Crippen LogP contribution in [0.4, 0.5) is 8.78 Å². The van der Waals surface area contributed by atoms with Crippen LogP contribution in [0.2, 0.25) is 0 Å². The summed E-state index contributed by atoms with van der Waals surface area (Å²) >= 11 is 3.52. The van der Waals surface area contributed by atoms with E-state index in [1.165, 1.54) is 55.6 Å². The molecule has 2 aliphatic heterocycles. The van der Waals surface area contributed by atoms with Crippen LogP contribution in [0, 0.1) is 11.6 Å². The largest absolute Gasteiger partial charge is 0.472 e. The number of aliphatic imine (C=N–C) groups is 1. The lowest BCUT2D eigenvalue weighted by Gasteiger charge is -2.30. The van der Waals surface area contributed by atoms with Gasteiger partial charge in [-0.25, -0.2) is 13.8 Å². The number of rotatable bonds is 6. The van der Waals surface area contributed by atoms with Gasteiger partial charge in [0.2, 0.25) is 5.90 Å². The van der Waals surface area contributed by atoms with Crippen LogP contribution >= 0.6 is 15.9 Å². The van der Waals surface area contributed by atoms with Crippen LogP contribution in [-0.2, 0) is 24.4 Å². The van der Waals surface area contributed by atoms with E-state index in [0.717, 1.165) is 19.2 Å². The second-order valence-corrected chi connectivity index (χ2v) is 9.25. The van der Waals surface area contributed by atoms with Gasteiger partial charge in [-0.3, -0.25) is 4.90 Å². The fraction of sp³-hybridized carbons (Fsp3) is 0.400. The van der Waals surface area contributed by atoms with Crippen LogP contribution in [0.5, 0.6) is 0 Å². The molecule has 1 atom stereocenters. The van der Waals surface area contributed by atoms with Crippen molar-refractivity contribution in [3.63, 3.8) is 0 Å². The molecular formula is C25H28BrF2N3O. The van der Waals surface area contributed by atoms with E-state index in [1.807, 2.05) is 13.1 Å². The summed E-state index contributed by atoms with van der Waals surface area (Å²) in [6, 6.07) is 12.2. The van der Waals surface area contributed by atoms with E-state index >= 15 is 0 Å². The van der Waals surface area contributed by atoms with Gasteiger partial charge in [0.15, 0.2) is 0 Å². The van der Waals surface area contributed by atoms with Crippen LogP contribution in [0.15, 0.2) is 58.1 Å². The molecule has 2 aromatic rings. The highest BCUT2D eigenvalue weighted by atomic mass is 79.9. The third-order valence-corrected chi connectivity index (χ3v) is 6.40. The number of halogens is 3. The molecule has 7 heteroatoms. The lowest BCUT2D eigenvalue weighted by atomic mass is 10.1. The summed E-state index contributed by atoms with van der Waals surface area (Å²) in [6.45, 7) is 6.08. The molecular weight excluding hydrogens is 476 g/mol. The summed E-state index contributed by atoms with van der Waals surface area (Å²) in [5, 5.41) is 0. The van der Waals surface area contributed by atoms with Crippen molar-refractivity contribution >= 4 is 21.8 Å². The molecule has 32 heavy (non-hydrogen) atoms. The Labute approximate surface area is 196 Å². The molecule has 1 saturated heterocycles. The van der Waals surface area contributed by atoms with E-state index in [-0.39, 0.29) is 18.3 Å². The molecule has 2 heterocycles. The number of ether oxygens (including phenoxy) is 1. The van der Waals surface area contributed by atoms with Gasteiger partial charge in [0.05, 0.1) is 4.48 Å². The Morgan fingerprint density at radius 3 is 2.53 bits per heavy atom. The topological polar surface area (TPSA) is 28.1 Å². The fourth-order valence-corrected chi connectivity index (χ4v) is 4.58. The Morgan fingerprint density at radius 1 is 1.03 bits per heavy atom. The van der Waals surface area contributed by atoms with Gasteiger partial charge >= 0.3 is 0 Å². The van der Waals surface area contributed by atoms with Gasteiger partial charge in [-0.2, -0.15) is 0 Å². The summed E-state index contributed by atoms with van der Waals surface area (Å²) < 4.78 is 33.4. The van der Waals surface area contributed by atoms with E-state index in [0.29, 0.717) is 10.4 Å². The van der Waals surface area contributed by atoms with Crippen LogP contribution in [0.3, 0.4) is 0 Å². The Kier molecular flexibility index (Phi) is 7.58. The van der Waals surface area contributed by atoms with Crippen molar-refractivity contribution in [1.82, 2.24) is 9.80 Å².